The summed E-state index contributed by atoms with van der Waals surface area (Å²) in [6.45, 7) is 7.44. The predicted molar refractivity (Wildman–Crippen MR) is 113 cm³/mol. The van der Waals surface area contributed by atoms with E-state index < -0.39 is 0 Å². The number of rotatable bonds is 3. The third-order valence-electron chi connectivity index (χ3n) is 6.56. The number of carbonyl (C=O) groups is 2. The fraction of sp³-hybridized carbons (Fsp3) is 0.583. The highest BCUT2D eigenvalue weighted by Crippen LogP contribution is 2.52. The van der Waals surface area contributed by atoms with Crippen LogP contribution in [-0.2, 0) is 9.59 Å². The normalized spacial score (nSPS) is 31.7. The van der Waals surface area contributed by atoms with Gasteiger partial charge in [-0.25, -0.2) is 0 Å². The van der Waals surface area contributed by atoms with Crippen LogP contribution in [0.25, 0.3) is 0 Å². The molecule has 3 rings (SSSR count). The zero-order valence-electron chi connectivity index (χ0n) is 17.4. The van der Waals surface area contributed by atoms with E-state index in [0.29, 0.717) is 23.7 Å². The van der Waals surface area contributed by atoms with E-state index in [-0.39, 0.29) is 23.8 Å². The summed E-state index contributed by atoms with van der Waals surface area (Å²) >= 11 is 0. The topological polar surface area (TPSA) is 58.2 Å². The average Bonchev–Trinajstić information content (AvgIpc) is 2.63. The lowest BCUT2D eigenvalue weighted by atomic mass is 9.56. The molecule has 6 atom stereocenters. The number of benzene rings is 1. The fourth-order valence-corrected chi connectivity index (χ4v) is 5.56. The van der Waals surface area contributed by atoms with Gasteiger partial charge in [0.05, 0.1) is 0 Å². The Bertz CT molecular complexity index is 791. The van der Waals surface area contributed by atoms with Crippen LogP contribution in [0.4, 0.5) is 5.69 Å². The molecular weight excluding hydrogens is 348 g/mol. The van der Waals surface area contributed by atoms with Crippen molar-refractivity contribution < 1.29 is 9.59 Å². The van der Waals surface area contributed by atoms with Crippen LogP contribution in [-0.4, -0.2) is 17.9 Å². The van der Waals surface area contributed by atoms with Crippen molar-refractivity contribution in [1.82, 2.24) is 5.32 Å². The molecule has 0 radical (unpaired) electrons. The number of hydrogen-bond acceptors (Lipinski definition) is 2. The fourth-order valence-electron chi connectivity index (χ4n) is 5.56. The standard InChI is InChI=1S/C24H32N2O2/c1-5-7-22-23(18-8-6-9-19(13-18)25-16(3)27)12-15(2)21-11-10-20(14-24(21)22)26-17(4)28/h6,8-9,13,15,20-24H,10-12,14H2,1-4H3,(H,25,27)(H,26,28)/t15-,20?,21?,22?,23?,24?/m1/s1. The van der Waals surface area contributed by atoms with Crippen LogP contribution < -0.4 is 10.6 Å². The highest BCUT2D eigenvalue weighted by molar-refractivity contribution is 5.88. The van der Waals surface area contributed by atoms with Gasteiger partial charge in [0.1, 0.15) is 0 Å². The van der Waals surface area contributed by atoms with E-state index >= 15 is 0 Å². The molecule has 2 N–H and O–H groups in total. The van der Waals surface area contributed by atoms with Crippen molar-refractivity contribution in [1.29, 1.82) is 0 Å². The Kier molecular flexibility index (Phi) is 6.44. The molecule has 28 heavy (non-hydrogen) atoms. The largest absolute Gasteiger partial charge is 0.354 e. The molecule has 150 valence electrons. The van der Waals surface area contributed by atoms with Gasteiger partial charge in [-0.3, -0.25) is 9.59 Å². The quantitative estimate of drug-likeness (QED) is 0.767. The molecule has 1 aromatic rings. The minimum Gasteiger partial charge on any atom is -0.354 e. The third kappa shape index (κ3) is 4.58. The first kappa shape index (κ1) is 20.5. The van der Waals surface area contributed by atoms with E-state index in [9.17, 15) is 9.59 Å². The summed E-state index contributed by atoms with van der Waals surface area (Å²) in [5.41, 5.74) is 2.11. The molecule has 0 saturated heterocycles. The van der Waals surface area contributed by atoms with Crippen LogP contribution in [0.2, 0.25) is 0 Å². The number of hydrogen-bond donors (Lipinski definition) is 2. The number of amides is 2. The van der Waals surface area contributed by atoms with Crippen LogP contribution >= 0.6 is 0 Å². The zero-order valence-corrected chi connectivity index (χ0v) is 17.4. The van der Waals surface area contributed by atoms with E-state index in [1.54, 1.807) is 6.92 Å². The smallest absolute Gasteiger partial charge is 0.221 e. The van der Waals surface area contributed by atoms with E-state index in [0.717, 1.165) is 31.4 Å². The Labute approximate surface area is 168 Å². The number of anilines is 1. The Morgan fingerprint density at radius 2 is 1.86 bits per heavy atom. The molecule has 1 aromatic carbocycles. The monoisotopic (exact) mass is 380 g/mol. The number of nitrogens with one attached hydrogen (secondary N) is 2. The van der Waals surface area contributed by atoms with Gasteiger partial charge in [-0.2, -0.15) is 0 Å². The Hall–Kier alpha value is -2.28. The molecule has 4 nitrogen and oxygen atoms in total. The lowest BCUT2D eigenvalue weighted by Gasteiger charge is -2.49. The summed E-state index contributed by atoms with van der Waals surface area (Å²) in [5.74, 6) is 9.17. The lowest BCUT2D eigenvalue weighted by Crippen LogP contribution is -2.47. The van der Waals surface area contributed by atoms with Gasteiger partial charge in [-0.15, -0.1) is 5.92 Å². The van der Waals surface area contributed by atoms with Crippen LogP contribution in [0.1, 0.15) is 64.9 Å². The van der Waals surface area contributed by atoms with Gasteiger partial charge in [0, 0.05) is 31.5 Å². The second kappa shape index (κ2) is 8.82. The van der Waals surface area contributed by atoms with Crippen LogP contribution in [0, 0.1) is 35.5 Å². The molecule has 0 aliphatic heterocycles. The number of fused-ring (bicyclic) bond motifs is 1. The van der Waals surface area contributed by atoms with Gasteiger partial charge in [0.2, 0.25) is 11.8 Å². The molecule has 2 saturated carbocycles. The maximum atomic E-state index is 11.6. The van der Waals surface area contributed by atoms with Crippen molar-refractivity contribution in [3.05, 3.63) is 29.8 Å². The summed E-state index contributed by atoms with van der Waals surface area (Å²) in [4.78, 5) is 23.0. The van der Waals surface area contributed by atoms with Crippen LogP contribution in [0.15, 0.2) is 24.3 Å². The summed E-state index contributed by atoms with van der Waals surface area (Å²) < 4.78 is 0. The summed E-state index contributed by atoms with van der Waals surface area (Å²) in [7, 11) is 0. The van der Waals surface area contributed by atoms with Crippen molar-refractivity contribution >= 4 is 17.5 Å². The van der Waals surface area contributed by atoms with Crippen molar-refractivity contribution in [3.63, 3.8) is 0 Å². The van der Waals surface area contributed by atoms with Crippen molar-refractivity contribution in [2.45, 2.75) is 65.3 Å². The van der Waals surface area contributed by atoms with E-state index in [2.05, 4.69) is 41.5 Å². The summed E-state index contributed by atoms with van der Waals surface area (Å²) in [5, 5.41) is 6.05. The average molecular weight is 381 g/mol. The molecule has 0 aromatic heterocycles. The molecule has 0 heterocycles. The van der Waals surface area contributed by atoms with Crippen molar-refractivity contribution in [3.8, 4) is 11.8 Å². The maximum absolute atomic E-state index is 11.6. The van der Waals surface area contributed by atoms with Gasteiger partial charge >= 0.3 is 0 Å². The summed E-state index contributed by atoms with van der Waals surface area (Å²) in [6, 6.07) is 8.50. The molecular formula is C24H32N2O2. The second-order valence-corrected chi connectivity index (χ2v) is 8.58. The first-order valence-electron chi connectivity index (χ1n) is 10.5. The molecule has 2 aliphatic rings. The van der Waals surface area contributed by atoms with Crippen molar-refractivity contribution in [2.75, 3.05) is 5.32 Å². The van der Waals surface area contributed by atoms with Gasteiger partial charge in [0.25, 0.3) is 0 Å². The third-order valence-corrected chi connectivity index (χ3v) is 6.56. The minimum absolute atomic E-state index is 0.0513. The van der Waals surface area contributed by atoms with Gasteiger partial charge in [-0.1, -0.05) is 25.0 Å². The Morgan fingerprint density at radius 3 is 2.54 bits per heavy atom. The van der Waals surface area contributed by atoms with Crippen molar-refractivity contribution in [2.24, 2.45) is 23.7 Å². The van der Waals surface area contributed by atoms with E-state index in [1.807, 2.05) is 19.1 Å². The first-order chi connectivity index (χ1) is 13.4. The van der Waals surface area contributed by atoms with E-state index in [4.69, 9.17) is 0 Å². The molecule has 2 aliphatic carbocycles. The molecule has 2 amide bonds. The molecule has 0 bridgehead atoms. The minimum atomic E-state index is -0.0513. The predicted octanol–water partition coefficient (Wildman–Crippen LogP) is 4.33. The molecule has 5 unspecified atom stereocenters. The number of carbonyl (C=O) groups excluding carboxylic acids is 2. The zero-order chi connectivity index (χ0) is 20.3. The van der Waals surface area contributed by atoms with Gasteiger partial charge in [-0.05, 0) is 74.0 Å². The molecule has 2 fully saturated rings. The van der Waals surface area contributed by atoms with Crippen LogP contribution in [0.3, 0.4) is 0 Å². The SMILES string of the molecule is CC#CC1C(c2cccc(NC(C)=O)c2)C[C@@H](C)C2CCC(NC(C)=O)CC12. The second-order valence-electron chi connectivity index (χ2n) is 8.58. The Balaban J connectivity index is 1.90. The Morgan fingerprint density at radius 1 is 1.07 bits per heavy atom. The maximum Gasteiger partial charge on any atom is 0.221 e. The first-order valence-corrected chi connectivity index (χ1v) is 10.5. The van der Waals surface area contributed by atoms with Gasteiger partial charge < -0.3 is 10.6 Å². The van der Waals surface area contributed by atoms with Gasteiger partial charge in [0.15, 0.2) is 0 Å². The van der Waals surface area contributed by atoms with E-state index in [1.165, 1.54) is 12.5 Å². The summed E-state index contributed by atoms with van der Waals surface area (Å²) in [6.07, 6.45) is 4.36. The highest BCUT2D eigenvalue weighted by atomic mass is 16.2. The highest BCUT2D eigenvalue weighted by Gasteiger charge is 2.45. The molecule has 4 heteroatoms. The molecule has 0 spiro atoms. The lowest BCUT2D eigenvalue weighted by molar-refractivity contribution is -0.120. The van der Waals surface area contributed by atoms with Crippen LogP contribution in [0.5, 0.6) is 0 Å².